The molecule has 0 rings (SSSR count). The molecule has 0 aromatic carbocycles. The van der Waals surface area contributed by atoms with Crippen LogP contribution in [0.5, 0.6) is 0 Å². The average molecular weight is 201 g/mol. The van der Waals surface area contributed by atoms with Gasteiger partial charge in [0.1, 0.15) is 11.9 Å². The Balaban J connectivity index is 3.72. The van der Waals surface area contributed by atoms with Gasteiger partial charge in [-0.3, -0.25) is 14.9 Å². The second-order valence-corrected chi connectivity index (χ2v) is 3.16. The number of Topliss-reactive ketones (excluding diaryl/α,β-unsaturated/α-hetero) is 1. The fourth-order valence-electron chi connectivity index (χ4n) is 0.932. The minimum atomic E-state index is -1.21. The summed E-state index contributed by atoms with van der Waals surface area (Å²) >= 11 is 0. The zero-order chi connectivity index (χ0) is 11.1. The highest BCUT2D eigenvalue weighted by atomic mass is 16.3. The molecule has 5 nitrogen and oxygen atoms in total. The highest BCUT2D eigenvalue weighted by molar-refractivity contribution is 5.96. The minimum absolute atomic E-state index is 0.0178. The molecule has 0 saturated heterocycles. The van der Waals surface area contributed by atoms with Crippen LogP contribution in [0, 0.1) is 0 Å². The van der Waals surface area contributed by atoms with Crippen LogP contribution in [0.4, 0.5) is 0 Å². The largest absolute Gasteiger partial charge is 0.383 e. The molecule has 2 amide bonds. The number of aliphatic hydroxyl groups excluding tert-OH is 1. The topological polar surface area (TPSA) is 83.5 Å². The van der Waals surface area contributed by atoms with Crippen LogP contribution >= 0.6 is 0 Å². The number of ketones is 1. The maximum atomic E-state index is 11.0. The molecule has 0 heterocycles. The van der Waals surface area contributed by atoms with Gasteiger partial charge in [-0.05, 0) is 19.8 Å². The van der Waals surface area contributed by atoms with E-state index in [1.807, 2.05) is 5.32 Å². The zero-order valence-electron chi connectivity index (χ0n) is 8.37. The summed E-state index contributed by atoms with van der Waals surface area (Å²) in [4.78, 5) is 31.9. The molecular formula is C9H15NO4. The normalized spacial score (nSPS) is 11.9. The second-order valence-electron chi connectivity index (χ2n) is 3.16. The molecule has 0 saturated carbocycles. The molecule has 0 spiro atoms. The summed E-state index contributed by atoms with van der Waals surface area (Å²) in [6.45, 7) is 2.64. The molecule has 1 unspecified atom stereocenters. The number of carbonyl (C=O) groups is 3. The predicted octanol–water partition coefficient (Wildman–Crippen LogP) is -0.231. The lowest BCUT2D eigenvalue weighted by atomic mass is 10.1. The van der Waals surface area contributed by atoms with Gasteiger partial charge < -0.3 is 9.90 Å². The molecule has 0 aliphatic carbocycles. The highest BCUT2D eigenvalue weighted by Crippen LogP contribution is 2.01. The number of hydrogen-bond acceptors (Lipinski definition) is 4. The molecule has 0 aromatic heterocycles. The fourth-order valence-corrected chi connectivity index (χ4v) is 0.932. The maximum absolute atomic E-state index is 11.0. The Hall–Kier alpha value is -1.23. The summed E-state index contributed by atoms with van der Waals surface area (Å²) in [5.41, 5.74) is 0. The first-order valence-corrected chi connectivity index (χ1v) is 4.42. The predicted molar refractivity (Wildman–Crippen MR) is 49.4 cm³/mol. The van der Waals surface area contributed by atoms with Gasteiger partial charge in [-0.1, -0.05) is 0 Å². The van der Waals surface area contributed by atoms with Crippen LogP contribution in [0.25, 0.3) is 0 Å². The van der Waals surface area contributed by atoms with Gasteiger partial charge in [-0.15, -0.1) is 0 Å². The number of hydrogen-bond donors (Lipinski definition) is 2. The SMILES string of the molecule is CC(=O)CCCC(O)C(=O)NC(C)=O. The summed E-state index contributed by atoms with van der Waals surface area (Å²) in [5.74, 6) is -1.19. The third kappa shape index (κ3) is 6.30. The fraction of sp³-hybridized carbons (Fsp3) is 0.667. The van der Waals surface area contributed by atoms with Crippen LogP contribution < -0.4 is 5.32 Å². The van der Waals surface area contributed by atoms with E-state index in [4.69, 9.17) is 0 Å². The molecule has 0 bridgehead atoms. The molecule has 0 aromatic rings. The highest BCUT2D eigenvalue weighted by Gasteiger charge is 2.15. The molecule has 14 heavy (non-hydrogen) atoms. The van der Waals surface area contributed by atoms with Crippen molar-refractivity contribution in [3.63, 3.8) is 0 Å². The van der Waals surface area contributed by atoms with Crippen molar-refractivity contribution in [2.75, 3.05) is 0 Å². The van der Waals surface area contributed by atoms with Gasteiger partial charge in [0.2, 0.25) is 5.91 Å². The lowest BCUT2D eigenvalue weighted by molar-refractivity contribution is -0.135. The van der Waals surface area contributed by atoms with Crippen molar-refractivity contribution >= 4 is 17.6 Å². The van der Waals surface area contributed by atoms with Gasteiger partial charge in [0.15, 0.2) is 0 Å². The summed E-state index contributed by atoms with van der Waals surface area (Å²) in [5, 5.41) is 11.2. The quantitative estimate of drug-likeness (QED) is 0.643. The van der Waals surface area contributed by atoms with Crippen LogP contribution in [0.15, 0.2) is 0 Å². The number of imide groups is 1. The van der Waals surface area contributed by atoms with Crippen molar-refractivity contribution in [2.24, 2.45) is 0 Å². The summed E-state index contributed by atoms with van der Waals surface area (Å²) in [6.07, 6.45) is -0.233. The Kier molecular flexibility index (Phi) is 5.71. The van der Waals surface area contributed by atoms with Crippen LogP contribution in [-0.4, -0.2) is 28.8 Å². The van der Waals surface area contributed by atoms with E-state index in [2.05, 4.69) is 0 Å². The van der Waals surface area contributed by atoms with E-state index in [-0.39, 0.29) is 12.2 Å². The lowest BCUT2D eigenvalue weighted by Gasteiger charge is -2.08. The molecule has 80 valence electrons. The van der Waals surface area contributed by atoms with Crippen molar-refractivity contribution in [3.05, 3.63) is 0 Å². The summed E-state index contributed by atoms with van der Waals surface area (Å²) in [6, 6.07) is 0. The van der Waals surface area contributed by atoms with E-state index < -0.39 is 17.9 Å². The summed E-state index contributed by atoms with van der Waals surface area (Å²) in [7, 11) is 0. The Morgan fingerprint density at radius 3 is 2.29 bits per heavy atom. The minimum Gasteiger partial charge on any atom is -0.383 e. The number of amides is 2. The Labute approximate surface area is 82.5 Å². The first-order valence-electron chi connectivity index (χ1n) is 4.42. The molecular weight excluding hydrogens is 186 g/mol. The number of nitrogens with one attached hydrogen (secondary N) is 1. The van der Waals surface area contributed by atoms with E-state index in [1.165, 1.54) is 13.8 Å². The van der Waals surface area contributed by atoms with E-state index in [0.717, 1.165) is 0 Å². The van der Waals surface area contributed by atoms with Gasteiger partial charge in [0, 0.05) is 13.3 Å². The third-order valence-corrected chi connectivity index (χ3v) is 1.61. The lowest BCUT2D eigenvalue weighted by Crippen LogP contribution is -2.37. The van der Waals surface area contributed by atoms with Crippen LogP contribution in [-0.2, 0) is 14.4 Å². The van der Waals surface area contributed by atoms with Crippen LogP contribution in [0.2, 0.25) is 0 Å². The molecule has 1 atom stereocenters. The molecule has 2 N–H and O–H groups in total. The Bertz CT molecular complexity index is 237. The van der Waals surface area contributed by atoms with Crippen molar-refractivity contribution in [1.29, 1.82) is 0 Å². The smallest absolute Gasteiger partial charge is 0.255 e. The Morgan fingerprint density at radius 1 is 1.29 bits per heavy atom. The van der Waals surface area contributed by atoms with Crippen molar-refractivity contribution < 1.29 is 19.5 Å². The van der Waals surface area contributed by atoms with E-state index in [1.54, 1.807) is 0 Å². The third-order valence-electron chi connectivity index (χ3n) is 1.61. The van der Waals surface area contributed by atoms with Crippen molar-refractivity contribution in [3.8, 4) is 0 Å². The number of aliphatic hydroxyl groups is 1. The van der Waals surface area contributed by atoms with Gasteiger partial charge in [0.25, 0.3) is 5.91 Å². The molecule has 0 fully saturated rings. The van der Waals surface area contributed by atoms with Gasteiger partial charge >= 0.3 is 0 Å². The zero-order valence-corrected chi connectivity index (χ0v) is 8.37. The molecule has 5 heteroatoms. The molecule has 0 aliphatic heterocycles. The second kappa shape index (κ2) is 6.26. The molecule has 0 aliphatic rings. The van der Waals surface area contributed by atoms with Crippen molar-refractivity contribution in [2.45, 2.75) is 39.2 Å². The van der Waals surface area contributed by atoms with Crippen LogP contribution in [0.3, 0.4) is 0 Å². The average Bonchev–Trinajstić information content (AvgIpc) is 2.01. The maximum Gasteiger partial charge on any atom is 0.255 e. The first kappa shape index (κ1) is 12.8. The standard InChI is InChI=1S/C9H15NO4/c1-6(11)4-3-5-8(13)9(14)10-7(2)12/h8,13H,3-5H2,1-2H3,(H,10,12,14). The van der Waals surface area contributed by atoms with E-state index in [9.17, 15) is 19.5 Å². The van der Waals surface area contributed by atoms with Crippen LogP contribution in [0.1, 0.15) is 33.1 Å². The van der Waals surface area contributed by atoms with Gasteiger partial charge in [-0.2, -0.15) is 0 Å². The monoisotopic (exact) mass is 201 g/mol. The van der Waals surface area contributed by atoms with Gasteiger partial charge in [0.05, 0.1) is 0 Å². The first-order chi connectivity index (χ1) is 6.43. The number of carbonyl (C=O) groups excluding carboxylic acids is 3. The van der Waals surface area contributed by atoms with E-state index in [0.29, 0.717) is 12.8 Å². The molecule has 0 radical (unpaired) electrons. The number of rotatable bonds is 5. The Morgan fingerprint density at radius 2 is 1.86 bits per heavy atom. The van der Waals surface area contributed by atoms with E-state index >= 15 is 0 Å². The van der Waals surface area contributed by atoms with Crippen molar-refractivity contribution in [1.82, 2.24) is 5.32 Å². The van der Waals surface area contributed by atoms with Gasteiger partial charge in [-0.25, -0.2) is 0 Å². The summed E-state index contributed by atoms with van der Waals surface area (Å²) < 4.78 is 0.